The minimum Gasteiger partial charge on any atom is -0.395 e. The van der Waals surface area contributed by atoms with Gasteiger partial charge in [-0.1, -0.05) is 37.8 Å². The van der Waals surface area contributed by atoms with E-state index in [1.165, 1.54) is 0 Å². The van der Waals surface area contributed by atoms with Crippen LogP contribution in [-0.2, 0) is 4.79 Å². The third kappa shape index (κ3) is 5.90. The standard InChI is InChI=1S/C17H23NO2/c1-13(2)12-17(20)18-14(3)16-9-7-15(8-10-16)6-4-5-11-19/h7-10,13-14,19H,5,11-12H2,1-3H3,(H,18,20). The number of aliphatic hydroxyl groups is 1. The molecule has 0 saturated heterocycles. The van der Waals surface area contributed by atoms with Crippen LogP contribution in [0.1, 0.15) is 50.8 Å². The highest BCUT2D eigenvalue weighted by molar-refractivity contribution is 5.76. The van der Waals surface area contributed by atoms with Crippen molar-refractivity contribution in [1.82, 2.24) is 5.32 Å². The van der Waals surface area contributed by atoms with E-state index < -0.39 is 0 Å². The third-order valence-electron chi connectivity index (χ3n) is 2.85. The molecule has 108 valence electrons. The van der Waals surface area contributed by atoms with Crippen molar-refractivity contribution in [2.75, 3.05) is 6.61 Å². The lowest BCUT2D eigenvalue weighted by Gasteiger charge is -2.15. The Bertz CT molecular complexity index is 480. The first kappa shape index (κ1) is 16.3. The fraction of sp³-hybridized carbons (Fsp3) is 0.471. The zero-order valence-corrected chi connectivity index (χ0v) is 12.4. The first-order chi connectivity index (χ1) is 9.52. The van der Waals surface area contributed by atoms with Gasteiger partial charge in [0.25, 0.3) is 0 Å². The van der Waals surface area contributed by atoms with Gasteiger partial charge in [-0.05, 0) is 30.5 Å². The number of carbonyl (C=O) groups excluding carboxylic acids is 1. The Morgan fingerprint density at radius 2 is 1.90 bits per heavy atom. The second-order valence-corrected chi connectivity index (χ2v) is 5.28. The molecule has 1 amide bonds. The molecule has 0 aliphatic carbocycles. The summed E-state index contributed by atoms with van der Waals surface area (Å²) < 4.78 is 0. The normalized spacial score (nSPS) is 11.7. The van der Waals surface area contributed by atoms with Crippen molar-refractivity contribution < 1.29 is 9.90 Å². The number of rotatable bonds is 5. The molecule has 1 rings (SSSR count). The van der Waals surface area contributed by atoms with Crippen LogP contribution in [0.15, 0.2) is 24.3 Å². The number of aliphatic hydroxyl groups excluding tert-OH is 1. The Labute approximate surface area is 121 Å². The average molecular weight is 273 g/mol. The molecule has 0 aliphatic heterocycles. The number of benzene rings is 1. The van der Waals surface area contributed by atoms with Crippen LogP contribution in [0, 0.1) is 17.8 Å². The van der Waals surface area contributed by atoms with Crippen LogP contribution in [0.5, 0.6) is 0 Å². The molecule has 0 bridgehead atoms. The van der Waals surface area contributed by atoms with Crippen LogP contribution in [-0.4, -0.2) is 17.6 Å². The van der Waals surface area contributed by atoms with Crippen molar-refractivity contribution >= 4 is 5.91 Å². The first-order valence-electron chi connectivity index (χ1n) is 7.02. The molecule has 0 saturated carbocycles. The highest BCUT2D eigenvalue weighted by Crippen LogP contribution is 2.14. The van der Waals surface area contributed by atoms with Gasteiger partial charge in [0.05, 0.1) is 12.6 Å². The first-order valence-corrected chi connectivity index (χ1v) is 7.02. The molecule has 3 heteroatoms. The molecule has 1 aromatic carbocycles. The van der Waals surface area contributed by atoms with E-state index in [2.05, 4.69) is 17.2 Å². The van der Waals surface area contributed by atoms with Gasteiger partial charge in [-0.15, -0.1) is 0 Å². The van der Waals surface area contributed by atoms with Gasteiger partial charge >= 0.3 is 0 Å². The zero-order valence-electron chi connectivity index (χ0n) is 12.4. The van der Waals surface area contributed by atoms with Crippen molar-refractivity contribution in [3.8, 4) is 11.8 Å². The highest BCUT2D eigenvalue weighted by atomic mass is 16.2. The Morgan fingerprint density at radius 3 is 2.45 bits per heavy atom. The molecular weight excluding hydrogens is 250 g/mol. The van der Waals surface area contributed by atoms with Gasteiger partial charge in [0.15, 0.2) is 0 Å². The number of nitrogens with one attached hydrogen (secondary N) is 1. The molecule has 1 aromatic rings. The lowest BCUT2D eigenvalue weighted by Crippen LogP contribution is -2.27. The Balaban J connectivity index is 2.60. The summed E-state index contributed by atoms with van der Waals surface area (Å²) in [6, 6.07) is 7.82. The minimum absolute atomic E-state index is 0.000649. The Kier molecular flexibility index (Phi) is 6.83. The van der Waals surface area contributed by atoms with E-state index in [0.29, 0.717) is 18.8 Å². The second-order valence-electron chi connectivity index (χ2n) is 5.28. The van der Waals surface area contributed by atoms with Crippen molar-refractivity contribution in [3.05, 3.63) is 35.4 Å². The minimum atomic E-state index is 0.000649. The Morgan fingerprint density at radius 1 is 1.25 bits per heavy atom. The SMILES string of the molecule is CC(C)CC(=O)NC(C)c1ccc(C#CCCO)cc1. The van der Waals surface area contributed by atoms with Gasteiger partial charge in [-0.25, -0.2) is 0 Å². The van der Waals surface area contributed by atoms with E-state index in [4.69, 9.17) is 5.11 Å². The predicted octanol–water partition coefficient (Wildman–Crippen LogP) is 2.64. The molecular formula is C17H23NO2. The molecule has 1 atom stereocenters. The summed E-state index contributed by atoms with van der Waals surface area (Å²) >= 11 is 0. The predicted molar refractivity (Wildman–Crippen MR) is 81.0 cm³/mol. The maximum absolute atomic E-state index is 11.7. The molecule has 0 aliphatic rings. The largest absolute Gasteiger partial charge is 0.395 e. The summed E-state index contributed by atoms with van der Waals surface area (Å²) in [5, 5.41) is 11.7. The third-order valence-corrected chi connectivity index (χ3v) is 2.85. The summed E-state index contributed by atoms with van der Waals surface area (Å²) in [5.74, 6) is 6.32. The number of hydrogen-bond donors (Lipinski definition) is 2. The topological polar surface area (TPSA) is 49.3 Å². The lowest BCUT2D eigenvalue weighted by molar-refractivity contribution is -0.122. The summed E-state index contributed by atoms with van der Waals surface area (Å²) in [7, 11) is 0. The molecule has 20 heavy (non-hydrogen) atoms. The van der Waals surface area contributed by atoms with Crippen molar-refractivity contribution in [3.63, 3.8) is 0 Å². The molecule has 0 spiro atoms. The van der Waals surface area contributed by atoms with Gasteiger partial charge in [-0.2, -0.15) is 0 Å². The molecule has 2 N–H and O–H groups in total. The summed E-state index contributed by atoms with van der Waals surface area (Å²) in [5.41, 5.74) is 1.98. The summed E-state index contributed by atoms with van der Waals surface area (Å²) in [4.78, 5) is 11.7. The molecule has 3 nitrogen and oxygen atoms in total. The molecule has 1 unspecified atom stereocenters. The van der Waals surface area contributed by atoms with Gasteiger partial charge in [0.2, 0.25) is 5.91 Å². The van der Waals surface area contributed by atoms with E-state index >= 15 is 0 Å². The van der Waals surface area contributed by atoms with E-state index in [1.807, 2.05) is 45.0 Å². The number of amides is 1. The van der Waals surface area contributed by atoms with Gasteiger partial charge < -0.3 is 10.4 Å². The van der Waals surface area contributed by atoms with E-state index in [0.717, 1.165) is 11.1 Å². The fourth-order valence-corrected chi connectivity index (χ4v) is 1.83. The zero-order chi connectivity index (χ0) is 15.0. The molecule has 0 heterocycles. The van der Waals surface area contributed by atoms with Crippen LogP contribution in [0.4, 0.5) is 0 Å². The smallest absolute Gasteiger partial charge is 0.220 e. The molecule has 0 aromatic heterocycles. The van der Waals surface area contributed by atoms with Gasteiger partial charge in [0, 0.05) is 18.4 Å². The summed E-state index contributed by atoms with van der Waals surface area (Å²) in [6.45, 7) is 6.13. The van der Waals surface area contributed by atoms with Crippen LogP contribution < -0.4 is 5.32 Å². The maximum atomic E-state index is 11.7. The summed E-state index contributed by atoms with van der Waals surface area (Å²) in [6.07, 6.45) is 1.04. The van der Waals surface area contributed by atoms with E-state index in [1.54, 1.807) is 0 Å². The van der Waals surface area contributed by atoms with Crippen LogP contribution in [0.3, 0.4) is 0 Å². The number of hydrogen-bond acceptors (Lipinski definition) is 2. The monoisotopic (exact) mass is 273 g/mol. The maximum Gasteiger partial charge on any atom is 0.220 e. The molecule has 0 radical (unpaired) electrons. The quantitative estimate of drug-likeness (QED) is 0.810. The average Bonchev–Trinajstić information content (AvgIpc) is 2.38. The highest BCUT2D eigenvalue weighted by Gasteiger charge is 2.10. The van der Waals surface area contributed by atoms with Gasteiger partial charge in [0.1, 0.15) is 0 Å². The van der Waals surface area contributed by atoms with Crippen molar-refractivity contribution in [2.24, 2.45) is 5.92 Å². The van der Waals surface area contributed by atoms with Crippen molar-refractivity contribution in [1.29, 1.82) is 0 Å². The second kappa shape index (κ2) is 8.39. The lowest BCUT2D eigenvalue weighted by atomic mass is 10.0. The number of carbonyl (C=O) groups is 1. The van der Waals surface area contributed by atoms with E-state index in [9.17, 15) is 4.79 Å². The van der Waals surface area contributed by atoms with Crippen LogP contribution >= 0.6 is 0 Å². The van der Waals surface area contributed by atoms with Gasteiger partial charge in [-0.3, -0.25) is 4.79 Å². The fourth-order valence-electron chi connectivity index (χ4n) is 1.83. The van der Waals surface area contributed by atoms with Crippen LogP contribution in [0.2, 0.25) is 0 Å². The van der Waals surface area contributed by atoms with E-state index in [-0.39, 0.29) is 18.6 Å². The van der Waals surface area contributed by atoms with Crippen LogP contribution in [0.25, 0.3) is 0 Å². The molecule has 0 fully saturated rings. The van der Waals surface area contributed by atoms with Crippen molar-refractivity contribution in [2.45, 2.75) is 39.7 Å². The Hall–Kier alpha value is -1.79.